The molecule has 9 heteroatoms. The zero-order chi connectivity index (χ0) is 27.8. The standard InChI is InChI=1S/C30H27BrFN5O2/c1-16-5-9-21(10-6-16)35-29(38)23-15-33-37-27(22-14-20(31)8-11-24(22)32)26(19(4)34-28(23)37)30(39)36-25-12-7-17(2)13-18(25)3/h5-15,27,34H,1-4H3,(H,35,38)(H,36,39). The zero-order valence-corrected chi connectivity index (χ0v) is 23.5. The Morgan fingerprint density at radius 1 is 0.923 bits per heavy atom. The summed E-state index contributed by atoms with van der Waals surface area (Å²) in [7, 11) is 0. The van der Waals surface area contributed by atoms with E-state index in [0.29, 0.717) is 27.4 Å². The number of halogens is 2. The van der Waals surface area contributed by atoms with Gasteiger partial charge < -0.3 is 16.0 Å². The molecule has 1 aliphatic rings. The molecule has 0 aliphatic carbocycles. The molecule has 3 aromatic carbocycles. The first-order valence-corrected chi connectivity index (χ1v) is 13.2. The van der Waals surface area contributed by atoms with Crippen LogP contribution in [0.2, 0.25) is 0 Å². The predicted octanol–water partition coefficient (Wildman–Crippen LogP) is 6.89. The minimum absolute atomic E-state index is 0.242. The lowest BCUT2D eigenvalue weighted by Gasteiger charge is -2.30. The molecule has 198 valence electrons. The molecule has 7 nitrogen and oxygen atoms in total. The second-order valence-corrected chi connectivity index (χ2v) is 10.6. The Bertz CT molecular complexity index is 1640. The summed E-state index contributed by atoms with van der Waals surface area (Å²) in [5.41, 5.74) is 5.63. The van der Waals surface area contributed by atoms with Crippen LogP contribution in [-0.4, -0.2) is 21.6 Å². The number of allylic oxidation sites excluding steroid dienone is 1. The molecule has 1 aromatic heterocycles. The lowest BCUT2D eigenvalue weighted by molar-refractivity contribution is -0.113. The van der Waals surface area contributed by atoms with E-state index < -0.39 is 17.8 Å². The lowest BCUT2D eigenvalue weighted by Crippen LogP contribution is -2.32. The summed E-state index contributed by atoms with van der Waals surface area (Å²) in [6.07, 6.45) is 1.42. The molecule has 1 aliphatic heterocycles. The predicted molar refractivity (Wildman–Crippen MR) is 154 cm³/mol. The van der Waals surface area contributed by atoms with Gasteiger partial charge >= 0.3 is 0 Å². The SMILES string of the molecule is CC1=C(C(=O)Nc2ccc(C)cc2C)C(c2cc(Br)ccc2F)n2ncc(C(=O)Nc3ccc(C)cc3)c2N1. The number of nitrogens with one attached hydrogen (secondary N) is 3. The van der Waals surface area contributed by atoms with E-state index >= 15 is 4.39 Å². The van der Waals surface area contributed by atoms with Gasteiger partial charge in [-0.25, -0.2) is 9.07 Å². The van der Waals surface area contributed by atoms with Crippen molar-refractivity contribution in [1.82, 2.24) is 9.78 Å². The van der Waals surface area contributed by atoms with Crippen molar-refractivity contribution >= 4 is 44.9 Å². The second-order valence-electron chi connectivity index (χ2n) is 9.68. The topological polar surface area (TPSA) is 88.0 Å². The summed E-state index contributed by atoms with van der Waals surface area (Å²) >= 11 is 3.42. The zero-order valence-electron chi connectivity index (χ0n) is 21.9. The van der Waals surface area contributed by atoms with Gasteiger partial charge in [0.05, 0.1) is 11.8 Å². The molecule has 0 fully saturated rings. The van der Waals surface area contributed by atoms with Gasteiger partial charge in [0.2, 0.25) is 0 Å². The van der Waals surface area contributed by atoms with Crippen LogP contribution in [0.4, 0.5) is 21.6 Å². The van der Waals surface area contributed by atoms with Crippen molar-refractivity contribution in [2.45, 2.75) is 33.7 Å². The number of rotatable bonds is 5. The Balaban J connectivity index is 1.57. The smallest absolute Gasteiger partial charge is 0.261 e. The van der Waals surface area contributed by atoms with Crippen molar-refractivity contribution in [1.29, 1.82) is 0 Å². The number of benzene rings is 3. The number of aromatic nitrogens is 2. The molecular weight excluding hydrogens is 561 g/mol. The number of hydrogen-bond acceptors (Lipinski definition) is 4. The third-order valence-electron chi connectivity index (χ3n) is 6.70. The van der Waals surface area contributed by atoms with Crippen molar-refractivity contribution in [3.63, 3.8) is 0 Å². The minimum Gasteiger partial charge on any atom is -0.343 e. The van der Waals surface area contributed by atoms with E-state index in [1.807, 2.05) is 63.2 Å². The number of nitrogens with zero attached hydrogens (tertiary/aromatic N) is 2. The molecule has 0 saturated carbocycles. The van der Waals surface area contributed by atoms with Gasteiger partial charge in [-0.05, 0) is 69.7 Å². The number of anilines is 3. The Kier molecular flexibility index (Phi) is 7.10. The molecule has 1 atom stereocenters. The maximum atomic E-state index is 15.3. The van der Waals surface area contributed by atoms with Gasteiger partial charge in [-0.3, -0.25) is 9.59 Å². The Morgan fingerprint density at radius 2 is 1.64 bits per heavy atom. The average Bonchev–Trinajstić information content (AvgIpc) is 3.31. The van der Waals surface area contributed by atoms with Crippen molar-refractivity contribution < 1.29 is 14.0 Å². The number of amides is 2. The van der Waals surface area contributed by atoms with Crippen LogP contribution >= 0.6 is 15.9 Å². The largest absolute Gasteiger partial charge is 0.343 e. The van der Waals surface area contributed by atoms with Gasteiger partial charge in [-0.1, -0.05) is 51.3 Å². The molecule has 39 heavy (non-hydrogen) atoms. The summed E-state index contributed by atoms with van der Waals surface area (Å²) < 4.78 is 17.5. The van der Waals surface area contributed by atoms with Gasteiger partial charge in [0.15, 0.2) is 0 Å². The first-order valence-electron chi connectivity index (χ1n) is 12.4. The van der Waals surface area contributed by atoms with E-state index in [-0.39, 0.29) is 22.6 Å². The van der Waals surface area contributed by atoms with Gasteiger partial charge in [0, 0.05) is 27.1 Å². The summed E-state index contributed by atoms with van der Waals surface area (Å²) in [5.74, 6) is -0.911. The fourth-order valence-electron chi connectivity index (χ4n) is 4.71. The van der Waals surface area contributed by atoms with Crippen molar-refractivity contribution in [3.8, 4) is 0 Å². The van der Waals surface area contributed by atoms with Gasteiger partial charge in [0.25, 0.3) is 11.8 Å². The third kappa shape index (κ3) is 5.22. The van der Waals surface area contributed by atoms with E-state index in [2.05, 4.69) is 37.0 Å². The molecule has 1 unspecified atom stereocenters. The van der Waals surface area contributed by atoms with E-state index in [4.69, 9.17) is 0 Å². The van der Waals surface area contributed by atoms with Crippen LogP contribution in [-0.2, 0) is 4.79 Å². The van der Waals surface area contributed by atoms with Gasteiger partial charge in [0.1, 0.15) is 23.2 Å². The number of aryl methyl sites for hydroxylation is 3. The maximum absolute atomic E-state index is 15.3. The Morgan fingerprint density at radius 3 is 2.36 bits per heavy atom. The van der Waals surface area contributed by atoms with Crippen LogP contribution in [0.1, 0.15) is 45.6 Å². The lowest BCUT2D eigenvalue weighted by atomic mass is 9.94. The number of fused-ring (bicyclic) bond motifs is 1. The van der Waals surface area contributed by atoms with Crippen molar-refractivity contribution in [2.75, 3.05) is 16.0 Å². The number of hydrogen-bond donors (Lipinski definition) is 3. The van der Waals surface area contributed by atoms with E-state index in [9.17, 15) is 9.59 Å². The van der Waals surface area contributed by atoms with E-state index in [1.54, 1.807) is 19.1 Å². The normalized spacial score (nSPS) is 14.5. The Hall–Kier alpha value is -4.24. The molecule has 5 rings (SSSR count). The fourth-order valence-corrected chi connectivity index (χ4v) is 5.08. The first kappa shape index (κ1) is 26.4. The minimum atomic E-state index is -0.926. The summed E-state index contributed by atoms with van der Waals surface area (Å²) in [6, 6.07) is 16.8. The molecule has 4 aromatic rings. The molecule has 0 saturated heterocycles. The van der Waals surface area contributed by atoms with Crippen LogP contribution in [0.3, 0.4) is 0 Å². The molecule has 3 N–H and O–H groups in total. The third-order valence-corrected chi connectivity index (χ3v) is 7.20. The van der Waals surface area contributed by atoms with Crippen LogP contribution in [0.25, 0.3) is 0 Å². The van der Waals surface area contributed by atoms with Crippen LogP contribution in [0, 0.1) is 26.6 Å². The van der Waals surface area contributed by atoms with E-state index in [0.717, 1.165) is 16.7 Å². The summed E-state index contributed by atoms with van der Waals surface area (Å²) in [5, 5.41) is 13.5. The molecule has 0 bridgehead atoms. The second kappa shape index (κ2) is 10.5. The summed E-state index contributed by atoms with van der Waals surface area (Å²) in [6.45, 7) is 7.60. The van der Waals surface area contributed by atoms with Crippen molar-refractivity contribution in [3.05, 3.63) is 116 Å². The highest BCUT2D eigenvalue weighted by Gasteiger charge is 2.37. The average molecular weight is 588 g/mol. The fraction of sp³-hybridized carbons (Fsp3) is 0.167. The molecular formula is C30H27BrFN5O2. The number of carbonyl (C=O) groups excluding carboxylic acids is 2. The van der Waals surface area contributed by atoms with Crippen LogP contribution in [0.15, 0.2) is 82.6 Å². The Labute approximate surface area is 234 Å². The highest BCUT2D eigenvalue weighted by Crippen LogP contribution is 2.39. The molecule has 0 spiro atoms. The van der Waals surface area contributed by atoms with Gasteiger partial charge in [-0.15, -0.1) is 0 Å². The summed E-state index contributed by atoms with van der Waals surface area (Å²) in [4.78, 5) is 27.0. The van der Waals surface area contributed by atoms with Gasteiger partial charge in [-0.2, -0.15) is 5.10 Å². The van der Waals surface area contributed by atoms with Crippen LogP contribution in [0.5, 0.6) is 0 Å². The quantitative estimate of drug-likeness (QED) is 0.237. The highest BCUT2D eigenvalue weighted by molar-refractivity contribution is 9.10. The molecule has 2 heterocycles. The highest BCUT2D eigenvalue weighted by atomic mass is 79.9. The van der Waals surface area contributed by atoms with Crippen LogP contribution < -0.4 is 16.0 Å². The van der Waals surface area contributed by atoms with E-state index in [1.165, 1.54) is 16.9 Å². The maximum Gasteiger partial charge on any atom is 0.261 e. The first-order chi connectivity index (χ1) is 18.6. The van der Waals surface area contributed by atoms with Crippen molar-refractivity contribution in [2.24, 2.45) is 0 Å². The number of carbonyl (C=O) groups is 2. The molecule has 2 amide bonds. The monoisotopic (exact) mass is 587 g/mol. The molecule has 0 radical (unpaired) electrons.